The van der Waals surface area contributed by atoms with Crippen molar-refractivity contribution in [2.75, 3.05) is 11.6 Å². The summed E-state index contributed by atoms with van der Waals surface area (Å²) in [7, 11) is 0. The number of rotatable bonds is 8. The maximum absolute atomic E-state index is 12.5. The van der Waals surface area contributed by atoms with E-state index in [1.807, 2.05) is 18.2 Å². The molecule has 1 unspecified atom stereocenters. The highest BCUT2D eigenvalue weighted by molar-refractivity contribution is 7.99. The van der Waals surface area contributed by atoms with Gasteiger partial charge in [0.1, 0.15) is 12.4 Å². The van der Waals surface area contributed by atoms with Crippen molar-refractivity contribution in [1.82, 2.24) is 20.2 Å². The van der Waals surface area contributed by atoms with Crippen LogP contribution in [0.1, 0.15) is 61.2 Å². The second-order valence-corrected chi connectivity index (χ2v) is 9.22. The Morgan fingerprint density at radius 1 is 1.22 bits per heavy atom. The number of aryl methyl sites for hydroxylation is 1. The summed E-state index contributed by atoms with van der Waals surface area (Å²) in [5.41, 5.74) is 3.80. The van der Waals surface area contributed by atoms with Gasteiger partial charge in [0.05, 0.1) is 11.8 Å². The molecule has 1 aliphatic carbocycles. The van der Waals surface area contributed by atoms with Crippen LogP contribution >= 0.6 is 11.8 Å². The highest BCUT2D eigenvalue weighted by Crippen LogP contribution is 2.29. The van der Waals surface area contributed by atoms with Crippen LogP contribution in [0.2, 0.25) is 0 Å². The van der Waals surface area contributed by atoms with E-state index in [1.54, 1.807) is 0 Å². The molecular weight excluding hydrogens is 422 g/mol. The number of carbonyl (C=O) groups is 1. The molecule has 0 saturated carbocycles. The topological polar surface area (TPSA) is 95.1 Å². The Bertz CT molecular complexity index is 1060. The first-order valence-electron chi connectivity index (χ1n) is 10.9. The van der Waals surface area contributed by atoms with E-state index in [4.69, 9.17) is 10.6 Å². The Morgan fingerprint density at radius 3 is 2.78 bits per heavy atom. The van der Waals surface area contributed by atoms with Crippen LogP contribution < -0.4 is 15.9 Å². The minimum atomic E-state index is -0.0391. The van der Waals surface area contributed by atoms with Gasteiger partial charge < -0.3 is 15.9 Å². The molecule has 8 heteroatoms. The monoisotopic (exact) mass is 451 g/mol. The van der Waals surface area contributed by atoms with Crippen LogP contribution in [-0.4, -0.2) is 26.5 Å². The summed E-state index contributed by atoms with van der Waals surface area (Å²) in [5.74, 6) is 8.04. The van der Waals surface area contributed by atoms with Gasteiger partial charge in [-0.1, -0.05) is 62.0 Å². The SMILES string of the molecule is CC(C)c1ccc(OCc2nnc(SCC(=O)NC3CCCc4ccccc43)n2N)cc1. The summed E-state index contributed by atoms with van der Waals surface area (Å²) in [6.45, 7) is 4.51. The van der Waals surface area contributed by atoms with Crippen LogP contribution in [-0.2, 0) is 17.8 Å². The molecule has 1 aromatic heterocycles. The summed E-state index contributed by atoms with van der Waals surface area (Å²) >= 11 is 1.27. The quantitative estimate of drug-likeness (QED) is 0.397. The molecule has 4 rings (SSSR count). The van der Waals surface area contributed by atoms with E-state index in [0.717, 1.165) is 25.0 Å². The van der Waals surface area contributed by atoms with Crippen LogP contribution in [0, 0.1) is 0 Å². The Labute approximate surface area is 192 Å². The smallest absolute Gasteiger partial charge is 0.230 e. The fraction of sp³-hybridized carbons (Fsp3) is 0.375. The number of nitrogen functional groups attached to an aromatic ring is 1. The maximum Gasteiger partial charge on any atom is 0.230 e. The predicted molar refractivity (Wildman–Crippen MR) is 126 cm³/mol. The molecule has 0 fully saturated rings. The lowest BCUT2D eigenvalue weighted by Crippen LogP contribution is -2.32. The van der Waals surface area contributed by atoms with Crippen LogP contribution in [0.5, 0.6) is 5.75 Å². The molecule has 0 saturated heterocycles. The van der Waals surface area contributed by atoms with E-state index < -0.39 is 0 Å². The molecular formula is C24H29N5O2S. The lowest BCUT2D eigenvalue weighted by Gasteiger charge is -2.26. The molecule has 1 heterocycles. The molecule has 0 spiro atoms. The summed E-state index contributed by atoms with van der Waals surface area (Å²) < 4.78 is 7.17. The van der Waals surface area contributed by atoms with Crippen molar-refractivity contribution in [3.05, 3.63) is 71.0 Å². The molecule has 0 aliphatic heterocycles. The summed E-state index contributed by atoms with van der Waals surface area (Å²) in [5, 5.41) is 11.9. The van der Waals surface area contributed by atoms with Gasteiger partial charge >= 0.3 is 0 Å². The first-order chi connectivity index (χ1) is 15.5. The summed E-state index contributed by atoms with van der Waals surface area (Å²) in [6, 6.07) is 16.4. The van der Waals surface area contributed by atoms with E-state index in [-0.39, 0.29) is 24.3 Å². The van der Waals surface area contributed by atoms with Crippen molar-refractivity contribution in [3.8, 4) is 5.75 Å². The third-order valence-corrected chi connectivity index (χ3v) is 6.63. The van der Waals surface area contributed by atoms with Gasteiger partial charge in [-0.15, -0.1) is 10.2 Å². The number of thioether (sulfide) groups is 1. The first-order valence-corrected chi connectivity index (χ1v) is 11.9. The Hall–Kier alpha value is -3.00. The van der Waals surface area contributed by atoms with Gasteiger partial charge in [-0.25, -0.2) is 4.68 Å². The molecule has 32 heavy (non-hydrogen) atoms. The fourth-order valence-corrected chi connectivity index (χ4v) is 4.56. The molecule has 1 atom stereocenters. The number of nitrogens with zero attached hydrogens (tertiary/aromatic N) is 3. The average molecular weight is 452 g/mol. The first kappa shape index (κ1) is 22.2. The Balaban J connectivity index is 1.29. The number of nitrogens with two attached hydrogens (primary N) is 1. The Morgan fingerprint density at radius 2 is 2.00 bits per heavy atom. The Kier molecular flexibility index (Phi) is 6.99. The lowest BCUT2D eigenvalue weighted by atomic mass is 9.88. The second-order valence-electron chi connectivity index (χ2n) is 8.28. The van der Waals surface area contributed by atoms with E-state index in [9.17, 15) is 4.79 Å². The van der Waals surface area contributed by atoms with Crippen molar-refractivity contribution < 1.29 is 9.53 Å². The number of ether oxygens (including phenoxy) is 1. The zero-order chi connectivity index (χ0) is 22.5. The highest BCUT2D eigenvalue weighted by Gasteiger charge is 2.22. The van der Waals surface area contributed by atoms with Crippen LogP contribution in [0.15, 0.2) is 53.7 Å². The summed E-state index contributed by atoms with van der Waals surface area (Å²) in [6.07, 6.45) is 3.11. The van der Waals surface area contributed by atoms with Gasteiger partial charge in [0.15, 0.2) is 5.82 Å². The number of aromatic nitrogens is 3. The third-order valence-electron chi connectivity index (χ3n) is 5.69. The largest absolute Gasteiger partial charge is 0.486 e. The van der Waals surface area contributed by atoms with Crippen molar-refractivity contribution in [2.45, 2.75) is 56.8 Å². The fourth-order valence-electron chi connectivity index (χ4n) is 3.87. The van der Waals surface area contributed by atoms with E-state index in [0.29, 0.717) is 16.9 Å². The number of benzene rings is 2. The van der Waals surface area contributed by atoms with Crippen LogP contribution in [0.4, 0.5) is 0 Å². The van der Waals surface area contributed by atoms with Crippen LogP contribution in [0.25, 0.3) is 0 Å². The van der Waals surface area contributed by atoms with Gasteiger partial charge in [0.25, 0.3) is 0 Å². The predicted octanol–water partition coefficient (Wildman–Crippen LogP) is 3.98. The van der Waals surface area contributed by atoms with Crippen molar-refractivity contribution in [1.29, 1.82) is 0 Å². The molecule has 168 valence electrons. The molecule has 0 radical (unpaired) electrons. The third kappa shape index (κ3) is 5.24. The molecule has 3 aromatic rings. The van der Waals surface area contributed by atoms with Gasteiger partial charge in [0.2, 0.25) is 11.1 Å². The molecule has 0 bridgehead atoms. The molecule has 3 N–H and O–H groups in total. The van der Waals surface area contributed by atoms with E-state index in [1.165, 1.54) is 33.1 Å². The molecule has 1 aliphatic rings. The van der Waals surface area contributed by atoms with E-state index in [2.05, 4.69) is 59.7 Å². The maximum atomic E-state index is 12.5. The highest BCUT2D eigenvalue weighted by atomic mass is 32.2. The molecule has 7 nitrogen and oxygen atoms in total. The normalized spacial score (nSPS) is 15.4. The number of carbonyl (C=O) groups excluding carboxylic acids is 1. The molecule has 1 amide bonds. The van der Waals surface area contributed by atoms with Gasteiger partial charge in [-0.3, -0.25) is 4.79 Å². The second kappa shape index (κ2) is 10.1. The van der Waals surface area contributed by atoms with Gasteiger partial charge in [-0.05, 0) is 54.0 Å². The zero-order valence-corrected chi connectivity index (χ0v) is 19.3. The van der Waals surface area contributed by atoms with Crippen molar-refractivity contribution >= 4 is 17.7 Å². The van der Waals surface area contributed by atoms with Gasteiger partial charge in [0, 0.05) is 0 Å². The van der Waals surface area contributed by atoms with Gasteiger partial charge in [-0.2, -0.15) is 0 Å². The summed E-state index contributed by atoms with van der Waals surface area (Å²) in [4.78, 5) is 12.5. The number of amides is 1. The lowest BCUT2D eigenvalue weighted by molar-refractivity contribution is -0.119. The molecule has 2 aromatic carbocycles. The minimum absolute atomic E-state index is 0.0391. The zero-order valence-electron chi connectivity index (χ0n) is 18.5. The van der Waals surface area contributed by atoms with Crippen LogP contribution in [0.3, 0.4) is 0 Å². The van der Waals surface area contributed by atoms with Crippen molar-refractivity contribution in [2.24, 2.45) is 0 Å². The van der Waals surface area contributed by atoms with Crippen molar-refractivity contribution in [3.63, 3.8) is 0 Å². The number of fused-ring (bicyclic) bond motifs is 1. The number of hydrogen-bond acceptors (Lipinski definition) is 6. The number of hydrogen-bond donors (Lipinski definition) is 2. The number of nitrogens with one attached hydrogen (secondary N) is 1. The minimum Gasteiger partial charge on any atom is -0.486 e. The van der Waals surface area contributed by atoms with E-state index >= 15 is 0 Å². The standard InChI is InChI=1S/C24H29N5O2S/c1-16(2)17-10-12-19(13-11-17)31-14-22-27-28-24(29(22)25)32-15-23(30)26-21-9-5-7-18-6-3-4-8-20(18)21/h3-4,6,8,10-13,16,21H,5,7,9,14-15,25H2,1-2H3,(H,26,30). The average Bonchev–Trinajstić information content (AvgIpc) is 3.16.